The smallest absolute Gasteiger partial charge is 0.139 e. The normalized spacial score (nSPS) is 11.9. The van der Waals surface area contributed by atoms with Crippen molar-refractivity contribution >= 4 is 76.2 Å². The number of pyridine rings is 1. The van der Waals surface area contributed by atoms with Crippen LogP contribution in [0.25, 0.3) is 110 Å². The molecule has 5 heteroatoms. The molecular formula is C51H31N5. The topological polar surface area (TPSA) is 48.5 Å². The summed E-state index contributed by atoms with van der Waals surface area (Å²) in [5.41, 5.74) is 11.0. The SMILES string of the molecule is c1ccc(-c2cc(-c3cnc4c5ccccc5c5ccccc5c4n3)nc(-n3c4ccccc4c4ccc5c6ccccc6n(-c6ccccc6)c5c43)c2)cc1. The Morgan fingerprint density at radius 3 is 1.52 bits per heavy atom. The maximum atomic E-state index is 5.54. The van der Waals surface area contributed by atoms with E-state index in [1.165, 1.54) is 26.9 Å². The lowest BCUT2D eigenvalue weighted by Gasteiger charge is -2.15. The second-order valence-electron chi connectivity index (χ2n) is 14.4. The average Bonchev–Trinajstić information content (AvgIpc) is 3.80. The number of hydrogen-bond acceptors (Lipinski definition) is 3. The molecule has 0 aliphatic rings. The highest BCUT2D eigenvalue weighted by molar-refractivity contribution is 6.24. The predicted octanol–water partition coefficient (Wildman–Crippen LogP) is 12.9. The summed E-state index contributed by atoms with van der Waals surface area (Å²) in [7, 11) is 0. The van der Waals surface area contributed by atoms with Gasteiger partial charge in [-0.1, -0.05) is 146 Å². The number of para-hydroxylation sites is 3. The molecule has 0 fully saturated rings. The average molecular weight is 714 g/mol. The first-order valence-corrected chi connectivity index (χ1v) is 19.0. The highest BCUT2D eigenvalue weighted by Gasteiger charge is 2.23. The summed E-state index contributed by atoms with van der Waals surface area (Å²) < 4.78 is 4.77. The molecule has 8 aromatic carbocycles. The van der Waals surface area contributed by atoms with Crippen molar-refractivity contribution in [2.75, 3.05) is 0 Å². The summed E-state index contributed by atoms with van der Waals surface area (Å²) >= 11 is 0. The molecule has 5 nitrogen and oxygen atoms in total. The second kappa shape index (κ2) is 11.9. The van der Waals surface area contributed by atoms with Gasteiger partial charge in [0.2, 0.25) is 0 Å². The lowest BCUT2D eigenvalue weighted by molar-refractivity contribution is 1.07. The molecule has 56 heavy (non-hydrogen) atoms. The van der Waals surface area contributed by atoms with Crippen LogP contribution in [0.15, 0.2) is 188 Å². The summed E-state index contributed by atoms with van der Waals surface area (Å²) in [6, 6.07) is 64.5. The summed E-state index contributed by atoms with van der Waals surface area (Å²) in [6.07, 6.45) is 1.89. The van der Waals surface area contributed by atoms with Crippen molar-refractivity contribution in [3.05, 3.63) is 188 Å². The first kappa shape index (κ1) is 30.8. The Balaban J connectivity index is 1.21. The fourth-order valence-corrected chi connectivity index (χ4v) is 8.89. The highest BCUT2D eigenvalue weighted by atomic mass is 15.1. The zero-order valence-electron chi connectivity index (χ0n) is 30.1. The van der Waals surface area contributed by atoms with E-state index in [9.17, 15) is 0 Å². The molecule has 4 heterocycles. The van der Waals surface area contributed by atoms with Gasteiger partial charge in [0.1, 0.15) is 11.5 Å². The number of nitrogens with zero attached hydrogens (tertiary/aromatic N) is 5. The van der Waals surface area contributed by atoms with Crippen molar-refractivity contribution in [3.63, 3.8) is 0 Å². The standard InChI is InChI=1S/C51H31N5/c1-3-15-32(16-4-1)33-29-43(44-31-52-48-39-23-9-7-19-35(39)36-20-8-10-24-40(36)49(48)54-44)53-47(30-33)56-46-26-14-12-22-38(46)42-28-27-41-37-21-11-13-25-45(37)55(50(41)51(42)56)34-17-5-2-6-18-34/h1-31H. The van der Waals surface area contributed by atoms with E-state index in [0.717, 1.165) is 83.3 Å². The van der Waals surface area contributed by atoms with Gasteiger partial charge in [0.15, 0.2) is 0 Å². The van der Waals surface area contributed by atoms with E-state index in [4.69, 9.17) is 15.0 Å². The van der Waals surface area contributed by atoms with Gasteiger partial charge in [-0.15, -0.1) is 0 Å². The fraction of sp³-hybridized carbons (Fsp3) is 0. The largest absolute Gasteiger partial charge is 0.307 e. The Kier molecular flexibility index (Phi) is 6.56. The summed E-state index contributed by atoms with van der Waals surface area (Å²) in [6.45, 7) is 0. The van der Waals surface area contributed by atoms with Gasteiger partial charge in [-0.05, 0) is 58.3 Å². The van der Waals surface area contributed by atoms with Crippen LogP contribution in [0.4, 0.5) is 0 Å². The van der Waals surface area contributed by atoms with E-state index in [2.05, 4.69) is 191 Å². The van der Waals surface area contributed by atoms with Crippen molar-refractivity contribution < 1.29 is 0 Å². The van der Waals surface area contributed by atoms with Crippen molar-refractivity contribution in [2.45, 2.75) is 0 Å². The molecule has 12 aromatic rings. The third-order valence-electron chi connectivity index (χ3n) is 11.3. The number of hydrogen-bond donors (Lipinski definition) is 0. The van der Waals surface area contributed by atoms with Crippen LogP contribution in [0, 0.1) is 0 Å². The Morgan fingerprint density at radius 1 is 0.339 bits per heavy atom. The van der Waals surface area contributed by atoms with E-state index in [1.807, 2.05) is 6.20 Å². The van der Waals surface area contributed by atoms with E-state index < -0.39 is 0 Å². The summed E-state index contributed by atoms with van der Waals surface area (Å²) in [5.74, 6) is 0.815. The monoisotopic (exact) mass is 713 g/mol. The van der Waals surface area contributed by atoms with Crippen molar-refractivity contribution in [1.82, 2.24) is 24.1 Å². The molecule has 0 aliphatic carbocycles. The third kappa shape index (κ3) is 4.46. The lowest BCUT2D eigenvalue weighted by atomic mass is 9.99. The Bertz CT molecular complexity index is 3490. The zero-order chi connectivity index (χ0) is 36.7. The molecule has 0 spiro atoms. The van der Waals surface area contributed by atoms with Gasteiger partial charge in [0.05, 0.1) is 45.0 Å². The molecule has 0 radical (unpaired) electrons. The number of benzene rings is 8. The molecule has 0 N–H and O–H groups in total. The van der Waals surface area contributed by atoms with E-state index in [0.29, 0.717) is 0 Å². The van der Waals surface area contributed by atoms with Gasteiger partial charge in [-0.25, -0.2) is 9.97 Å². The van der Waals surface area contributed by atoms with Crippen LogP contribution in [0.5, 0.6) is 0 Å². The van der Waals surface area contributed by atoms with E-state index in [1.54, 1.807) is 0 Å². The van der Waals surface area contributed by atoms with Gasteiger partial charge in [-0.3, -0.25) is 9.55 Å². The van der Waals surface area contributed by atoms with Crippen LogP contribution >= 0.6 is 0 Å². The molecule has 0 saturated carbocycles. The minimum atomic E-state index is 0.723. The molecule has 0 atom stereocenters. The van der Waals surface area contributed by atoms with Crippen LogP contribution in [-0.2, 0) is 0 Å². The van der Waals surface area contributed by atoms with Gasteiger partial charge in [-0.2, -0.15) is 0 Å². The van der Waals surface area contributed by atoms with E-state index >= 15 is 0 Å². The molecule has 12 rings (SSSR count). The zero-order valence-corrected chi connectivity index (χ0v) is 30.1. The quantitative estimate of drug-likeness (QED) is 0.171. The number of aromatic nitrogens is 5. The van der Waals surface area contributed by atoms with Crippen molar-refractivity contribution in [1.29, 1.82) is 0 Å². The number of rotatable bonds is 4. The molecule has 4 aromatic heterocycles. The molecule has 0 bridgehead atoms. The highest BCUT2D eigenvalue weighted by Crippen LogP contribution is 2.42. The minimum absolute atomic E-state index is 0.723. The molecule has 260 valence electrons. The molecule has 0 aliphatic heterocycles. The summed E-state index contributed by atoms with van der Waals surface area (Å²) in [4.78, 5) is 16.1. The molecule has 0 unspecified atom stereocenters. The lowest BCUT2D eigenvalue weighted by Crippen LogP contribution is -2.03. The second-order valence-corrected chi connectivity index (χ2v) is 14.4. The fourth-order valence-electron chi connectivity index (χ4n) is 8.89. The number of fused-ring (bicyclic) bond motifs is 13. The van der Waals surface area contributed by atoms with Crippen LogP contribution < -0.4 is 0 Å². The Morgan fingerprint density at radius 2 is 0.857 bits per heavy atom. The Hall–Kier alpha value is -7.63. The third-order valence-corrected chi connectivity index (χ3v) is 11.3. The molecule has 0 amide bonds. The van der Waals surface area contributed by atoms with Crippen LogP contribution in [0.1, 0.15) is 0 Å². The maximum absolute atomic E-state index is 5.54. The van der Waals surface area contributed by atoms with Gasteiger partial charge in [0.25, 0.3) is 0 Å². The Labute approximate surface area is 321 Å². The minimum Gasteiger partial charge on any atom is -0.307 e. The first-order valence-electron chi connectivity index (χ1n) is 19.0. The molecule has 0 saturated heterocycles. The maximum Gasteiger partial charge on any atom is 0.139 e. The van der Waals surface area contributed by atoms with Crippen LogP contribution in [0.2, 0.25) is 0 Å². The van der Waals surface area contributed by atoms with Crippen LogP contribution in [-0.4, -0.2) is 24.1 Å². The van der Waals surface area contributed by atoms with Gasteiger partial charge < -0.3 is 4.57 Å². The van der Waals surface area contributed by atoms with Crippen molar-refractivity contribution in [3.8, 4) is 34.0 Å². The van der Waals surface area contributed by atoms with Crippen molar-refractivity contribution in [2.24, 2.45) is 0 Å². The first-order chi connectivity index (χ1) is 27.8. The van der Waals surface area contributed by atoms with Gasteiger partial charge >= 0.3 is 0 Å². The van der Waals surface area contributed by atoms with Gasteiger partial charge in [0, 0.05) is 38.0 Å². The predicted molar refractivity (Wildman–Crippen MR) is 232 cm³/mol. The van der Waals surface area contributed by atoms with E-state index in [-0.39, 0.29) is 0 Å². The van der Waals surface area contributed by atoms with Crippen LogP contribution in [0.3, 0.4) is 0 Å². The molecular weight excluding hydrogens is 683 g/mol. The summed E-state index contributed by atoms with van der Waals surface area (Å²) in [5, 5.41) is 9.26.